The zero-order chi connectivity index (χ0) is 13.8. The number of hydrogen-bond acceptors (Lipinski definition) is 1. The lowest BCUT2D eigenvalue weighted by Crippen LogP contribution is -2.22. The van der Waals surface area contributed by atoms with Gasteiger partial charge >= 0.3 is 0 Å². The fourth-order valence-electron chi connectivity index (χ4n) is 2.09. The Bertz CT molecular complexity index is 542. The van der Waals surface area contributed by atoms with Gasteiger partial charge in [-0.3, -0.25) is 0 Å². The average molecular weight is 322 g/mol. The average Bonchev–Trinajstić information content (AvgIpc) is 2.42. The van der Waals surface area contributed by atoms with Gasteiger partial charge in [0.2, 0.25) is 0 Å². The summed E-state index contributed by atoms with van der Waals surface area (Å²) in [6, 6.07) is 15.8. The lowest BCUT2D eigenvalue weighted by atomic mass is 10.0. The first-order valence-corrected chi connectivity index (χ1v) is 7.13. The highest BCUT2D eigenvalue weighted by molar-refractivity contribution is 9.10. The molecule has 0 heterocycles. The van der Waals surface area contributed by atoms with E-state index in [0.29, 0.717) is 4.47 Å². The molecule has 0 bridgehead atoms. The van der Waals surface area contributed by atoms with Crippen LogP contribution < -0.4 is 5.32 Å². The third kappa shape index (κ3) is 3.64. The molecule has 2 unspecified atom stereocenters. The van der Waals surface area contributed by atoms with E-state index in [1.54, 1.807) is 0 Å². The van der Waals surface area contributed by atoms with E-state index < -0.39 is 0 Å². The van der Waals surface area contributed by atoms with E-state index in [0.717, 1.165) is 5.56 Å². The third-order valence-electron chi connectivity index (χ3n) is 3.24. The topological polar surface area (TPSA) is 12.0 Å². The molecule has 0 spiro atoms. The molecule has 1 N–H and O–H groups in total. The molecule has 2 atom stereocenters. The van der Waals surface area contributed by atoms with Crippen molar-refractivity contribution >= 4 is 15.9 Å². The molecule has 19 heavy (non-hydrogen) atoms. The molecule has 0 aliphatic rings. The highest BCUT2D eigenvalue weighted by atomic mass is 79.9. The minimum atomic E-state index is -0.230. The summed E-state index contributed by atoms with van der Waals surface area (Å²) < 4.78 is 13.7. The first kappa shape index (κ1) is 14.2. The van der Waals surface area contributed by atoms with Crippen LogP contribution in [0.15, 0.2) is 53.0 Å². The summed E-state index contributed by atoms with van der Waals surface area (Å²) in [4.78, 5) is 0. The Labute approximate surface area is 122 Å². The molecule has 2 aromatic carbocycles. The van der Waals surface area contributed by atoms with E-state index in [1.165, 1.54) is 11.6 Å². The van der Waals surface area contributed by atoms with Gasteiger partial charge in [0.05, 0.1) is 4.47 Å². The van der Waals surface area contributed by atoms with E-state index in [9.17, 15) is 4.39 Å². The molecule has 0 saturated heterocycles. The molecule has 2 rings (SSSR count). The molecule has 0 fully saturated rings. The Hall–Kier alpha value is -1.19. The van der Waals surface area contributed by atoms with Crippen molar-refractivity contribution in [3.05, 3.63) is 69.9 Å². The van der Waals surface area contributed by atoms with E-state index in [1.807, 2.05) is 30.3 Å². The summed E-state index contributed by atoms with van der Waals surface area (Å²) >= 11 is 3.22. The van der Waals surface area contributed by atoms with Gasteiger partial charge in [-0.1, -0.05) is 36.4 Å². The maximum Gasteiger partial charge on any atom is 0.137 e. The molecule has 0 aliphatic carbocycles. The van der Waals surface area contributed by atoms with Gasteiger partial charge in [0.25, 0.3) is 0 Å². The second-order valence-corrected chi connectivity index (χ2v) is 5.55. The van der Waals surface area contributed by atoms with Crippen molar-refractivity contribution in [3.8, 4) is 0 Å². The molecule has 100 valence electrons. The minimum Gasteiger partial charge on any atom is -0.304 e. The zero-order valence-corrected chi connectivity index (χ0v) is 12.6. The SMILES string of the molecule is CC(NC(C)c1ccc(F)c(Br)c1)c1ccccc1. The van der Waals surface area contributed by atoms with Crippen molar-refractivity contribution in [1.29, 1.82) is 0 Å². The number of hydrogen-bond donors (Lipinski definition) is 1. The zero-order valence-electron chi connectivity index (χ0n) is 11.0. The fraction of sp³-hybridized carbons (Fsp3) is 0.250. The smallest absolute Gasteiger partial charge is 0.137 e. The Balaban J connectivity index is 2.08. The van der Waals surface area contributed by atoms with Gasteiger partial charge in [-0.2, -0.15) is 0 Å². The molecule has 0 aliphatic heterocycles. The van der Waals surface area contributed by atoms with Crippen molar-refractivity contribution in [3.63, 3.8) is 0 Å². The van der Waals surface area contributed by atoms with Crippen molar-refractivity contribution in [2.45, 2.75) is 25.9 Å². The maximum absolute atomic E-state index is 13.2. The molecule has 0 aromatic heterocycles. The van der Waals surface area contributed by atoms with Crippen LogP contribution in [0.3, 0.4) is 0 Å². The lowest BCUT2D eigenvalue weighted by Gasteiger charge is -2.21. The maximum atomic E-state index is 13.2. The summed E-state index contributed by atoms with van der Waals surface area (Å²) in [5.74, 6) is -0.230. The normalized spacial score (nSPS) is 14.1. The van der Waals surface area contributed by atoms with Gasteiger partial charge < -0.3 is 5.32 Å². The Kier molecular flexibility index (Phi) is 4.72. The largest absolute Gasteiger partial charge is 0.304 e. The van der Waals surface area contributed by atoms with Crippen molar-refractivity contribution in [2.24, 2.45) is 0 Å². The van der Waals surface area contributed by atoms with Crippen LogP contribution in [0.1, 0.15) is 37.1 Å². The van der Waals surface area contributed by atoms with Crippen LogP contribution in [0.2, 0.25) is 0 Å². The molecule has 3 heteroatoms. The van der Waals surface area contributed by atoms with Gasteiger partial charge in [-0.15, -0.1) is 0 Å². The van der Waals surface area contributed by atoms with E-state index in [-0.39, 0.29) is 17.9 Å². The number of rotatable bonds is 4. The van der Waals surface area contributed by atoms with Crippen molar-refractivity contribution in [1.82, 2.24) is 5.32 Å². The quantitative estimate of drug-likeness (QED) is 0.835. The van der Waals surface area contributed by atoms with E-state index >= 15 is 0 Å². The molecule has 0 amide bonds. The summed E-state index contributed by atoms with van der Waals surface area (Å²) in [7, 11) is 0. The predicted molar refractivity (Wildman–Crippen MR) is 80.5 cm³/mol. The van der Waals surface area contributed by atoms with Crippen LogP contribution in [-0.4, -0.2) is 0 Å². The summed E-state index contributed by atoms with van der Waals surface area (Å²) in [6.07, 6.45) is 0. The first-order chi connectivity index (χ1) is 9.08. The molecule has 2 aromatic rings. The highest BCUT2D eigenvalue weighted by Crippen LogP contribution is 2.23. The van der Waals surface area contributed by atoms with Gasteiger partial charge in [0.1, 0.15) is 5.82 Å². The molecule has 0 radical (unpaired) electrons. The summed E-state index contributed by atoms with van der Waals surface area (Å²) in [6.45, 7) is 4.21. The Morgan fingerprint density at radius 3 is 2.21 bits per heavy atom. The fourth-order valence-corrected chi connectivity index (χ4v) is 2.49. The monoisotopic (exact) mass is 321 g/mol. The number of benzene rings is 2. The number of nitrogens with one attached hydrogen (secondary N) is 1. The van der Waals surface area contributed by atoms with Gasteiger partial charge in [-0.05, 0) is 53.0 Å². The van der Waals surface area contributed by atoms with Crippen LogP contribution in [0.4, 0.5) is 4.39 Å². The van der Waals surface area contributed by atoms with Crippen molar-refractivity contribution < 1.29 is 4.39 Å². The van der Waals surface area contributed by atoms with Crippen LogP contribution >= 0.6 is 15.9 Å². The number of halogens is 2. The highest BCUT2D eigenvalue weighted by Gasteiger charge is 2.12. The molecule has 0 saturated carbocycles. The van der Waals surface area contributed by atoms with Crippen LogP contribution in [0, 0.1) is 5.82 Å². The van der Waals surface area contributed by atoms with Crippen LogP contribution in [0.25, 0.3) is 0 Å². The third-order valence-corrected chi connectivity index (χ3v) is 3.85. The van der Waals surface area contributed by atoms with Crippen LogP contribution in [-0.2, 0) is 0 Å². The second-order valence-electron chi connectivity index (χ2n) is 4.69. The van der Waals surface area contributed by atoms with Gasteiger partial charge in [-0.25, -0.2) is 4.39 Å². The van der Waals surface area contributed by atoms with Crippen molar-refractivity contribution in [2.75, 3.05) is 0 Å². The van der Waals surface area contributed by atoms with Gasteiger partial charge in [0.15, 0.2) is 0 Å². The lowest BCUT2D eigenvalue weighted by molar-refractivity contribution is 0.493. The van der Waals surface area contributed by atoms with Crippen LogP contribution in [0.5, 0.6) is 0 Å². The second kappa shape index (κ2) is 6.31. The summed E-state index contributed by atoms with van der Waals surface area (Å²) in [5.41, 5.74) is 2.31. The standard InChI is InChI=1S/C16H17BrFN/c1-11(13-6-4-3-5-7-13)19-12(2)14-8-9-16(18)15(17)10-14/h3-12,19H,1-2H3. The predicted octanol–water partition coefficient (Wildman–Crippen LogP) is 5.00. The first-order valence-electron chi connectivity index (χ1n) is 6.34. The summed E-state index contributed by atoms with van der Waals surface area (Å²) in [5, 5.41) is 3.52. The van der Waals surface area contributed by atoms with Gasteiger partial charge in [0, 0.05) is 12.1 Å². The van der Waals surface area contributed by atoms with E-state index in [2.05, 4.69) is 47.2 Å². The molecular formula is C16H17BrFN. The minimum absolute atomic E-state index is 0.159. The molecular weight excluding hydrogens is 305 g/mol. The Morgan fingerprint density at radius 2 is 1.58 bits per heavy atom. The van der Waals surface area contributed by atoms with E-state index in [4.69, 9.17) is 0 Å². The molecule has 1 nitrogen and oxygen atoms in total. The Morgan fingerprint density at radius 1 is 0.947 bits per heavy atom.